The van der Waals surface area contributed by atoms with Gasteiger partial charge in [-0.05, 0) is 18.1 Å². The van der Waals surface area contributed by atoms with Crippen molar-refractivity contribution in [1.82, 2.24) is 5.32 Å². The van der Waals surface area contributed by atoms with Gasteiger partial charge in [-0.15, -0.1) is 0 Å². The van der Waals surface area contributed by atoms with E-state index in [1.54, 1.807) is 6.07 Å². The lowest BCUT2D eigenvalue weighted by Crippen LogP contribution is -2.21. The molecule has 2 aromatic carbocycles. The summed E-state index contributed by atoms with van der Waals surface area (Å²) >= 11 is 0. The largest absolute Gasteiger partial charge is 0.306 e. The Bertz CT molecular complexity index is 496. The van der Waals surface area contributed by atoms with Crippen LogP contribution in [0.5, 0.6) is 0 Å². The van der Waals surface area contributed by atoms with E-state index in [1.165, 1.54) is 11.6 Å². The summed E-state index contributed by atoms with van der Waals surface area (Å²) in [5.41, 5.74) is 1.99. The van der Waals surface area contributed by atoms with Gasteiger partial charge in [-0.3, -0.25) is 0 Å². The summed E-state index contributed by atoms with van der Waals surface area (Å²) in [6.07, 6.45) is 2.16. The van der Waals surface area contributed by atoms with Crippen LogP contribution >= 0.6 is 0 Å². The molecule has 0 amide bonds. The molecule has 0 heterocycles. The summed E-state index contributed by atoms with van der Waals surface area (Å²) in [5.74, 6) is -0.140. The highest BCUT2D eigenvalue weighted by Gasteiger charge is 2.10. The van der Waals surface area contributed by atoms with Crippen molar-refractivity contribution in [2.45, 2.75) is 32.4 Å². The maximum absolute atomic E-state index is 13.6. The molecular formula is C17H20FN. The Balaban J connectivity index is 2.04. The molecule has 100 valence electrons. The first-order valence-corrected chi connectivity index (χ1v) is 6.83. The molecule has 0 fully saturated rings. The average molecular weight is 257 g/mol. The third kappa shape index (κ3) is 3.90. The molecule has 0 saturated heterocycles. The van der Waals surface area contributed by atoms with E-state index < -0.39 is 0 Å². The minimum atomic E-state index is -0.140. The van der Waals surface area contributed by atoms with Crippen molar-refractivity contribution in [3.05, 3.63) is 71.5 Å². The molecule has 2 heteroatoms. The van der Waals surface area contributed by atoms with Crippen LogP contribution in [-0.4, -0.2) is 0 Å². The predicted octanol–water partition coefficient (Wildman–Crippen LogP) is 4.46. The highest BCUT2D eigenvalue weighted by molar-refractivity contribution is 5.20. The molecule has 1 nitrogen and oxygen atoms in total. The lowest BCUT2D eigenvalue weighted by atomic mass is 10.0. The van der Waals surface area contributed by atoms with Gasteiger partial charge in [0.05, 0.1) is 0 Å². The van der Waals surface area contributed by atoms with Crippen LogP contribution in [0.3, 0.4) is 0 Å². The minimum absolute atomic E-state index is 0.140. The summed E-state index contributed by atoms with van der Waals surface area (Å²) in [6.45, 7) is 2.73. The van der Waals surface area contributed by atoms with Crippen molar-refractivity contribution in [3.8, 4) is 0 Å². The van der Waals surface area contributed by atoms with Gasteiger partial charge in [0.1, 0.15) is 5.82 Å². The Morgan fingerprint density at radius 1 is 1.00 bits per heavy atom. The lowest BCUT2D eigenvalue weighted by molar-refractivity contribution is 0.483. The van der Waals surface area contributed by atoms with E-state index in [9.17, 15) is 4.39 Å². The first-order valence-electron chi connectivity index (χ1n) is 6.83. The van der Waals surface area contributed by atoms with E-state index in [0.29, 0.717) is 6.54 Å². The van der Waals surface area contributed by atoms with Gasteiger partial charge >= 0.3 is 0 Å². The minimum Gasteiger partial charge on any atom is -0.306 e. The van der Waals surface area contributed by atoms with Crippen molar-refractivity contribution in [2.24, 2.45) is 0 Å². The van der Waals surface area contributed by atoms with E-state index >= 15 is 0 Å². The number of rotatable bonds is 6. The molecule has 0 bridgehead atoms. The van der Waals surface area contributed by atoms with Crippen molar-refractivity contribution in [1.29, 1.82) is 0 Å². The van der Waals surface area contributed by atoms with Crippen LogP contribution < -0.4 is 5.32 Å². The fourth-order valence-electron chi connectivity index (χ4n) is 2.24. The number of benzene rings is 2. The van der Waals surface area contributed by atoms with Gasteiger partial charge in [-0.25, -0.2) is 4.39 Å². The second-order valence-electron chi connectivity index (χ2n) is 4.72. The van der Waals surface area contributed by atoms with Crippen LogP contribution in [0.1, 0.15) is 36.9 Å². The van der Waals surface area contributed by atoms with E-state index in [1.807, 2.05) is 30.3 Å². The van der Waals surface area contributed by atoms with Gasteiger partial charge < -0.3 is 5.32 Å². The van der Waals surface area contributed by atoms with E-state index in [2.05, 4.69) is 24.4 Å². The monoisotopic (exact) mass is 257 g/mol. The number of halogens is 1. The van der Waals surface area contributed by atoms with Crippen LogP contribution in [0.2, 0.25) is 0 Å². The number of hydrogen-bond donors (Lipinski definition) is 1. The zero-order valence-corrected chi connectivity index (χ0v) is 11.3. The van der Waals surface area contributed by atoms with Gasteiger partial charge in [0.15, 0.2) is 0 Å². The molecule has 0 aromatic heterocycles. The smallest absolute Gasteiger partial charge is 0.127 e. The summed E-state index contributed by atoms with van der Waals surface area (Å²) in [7, 11) is 0. The third-order valence-corrected chi connectivity index (χ3v) is 3.28. The highest BCUT2D eigenvalue weighted by Crippen LogP contribution is 2.19. The zero-order valence-electron chi connectivity index (χ0n) is 11.3. The highest BCUT2D eigenvalue weighted by atomic mass is 19.1. The molecule has 0 aliphatic carbocycles. The number of nitrogens with one attached hydrogen (secondary N) is 1. The molecule has 2 rings (SSSR count). The first kappa shape index (κ1) is 13.8. The second-order valence-corrected chi connectivity index (χ2v) is 4.72. The second kappa shape index (κ2) is 7.05. The summed E-state index contributed by atoms with van der Waals surface area (Å²) in [5, 5.41) is 3.45. The molecule has 19 heavy (non-hydrogen) atoms. The molecule has 1 atom stereocenters. The van der Waals surface area contributed by atoms with E-state index in [0.717, 1.165) is 18.4 Å². The SMILES string of the molecule is CCCC(NCc1ccccc1F)c1ccccc1. The lowest BCUT2D eigenvalue weighted by Gasteiger charge is -2.19. The Morgan fingerprint density at radius 2 is 1.68 bits per heavy atom. The molecular weight excluding hydrogens is 237 g/mol. The molecule has 1 unspecified atom stereocenters. The van der Waals surface area contributed by atoms with Gasteiger partial charge in [0, 0.05) is 18.2 Å². The van der Waals surface area contributed by atoms with Crippen LogP contribution in [0.15, 0.2) is 54.6 Å². The predicted molar refractivity (Wildman–Crippen MR) is 77.3 cm³/mol. The van der Waals surface area contributed by atoms with Crippen molar-refractivity contribution < 1.29 is 4.39 Å². The quantitative estimate of drug-likeness (QED) is 0.805. The fraction of sp³-hybridized carbons (Fsp3) is 0.294. The van der Waals surface area contributed by atoms with Crippen LogP contribution in [0, 0.1) is 5.82 Å². The molecule has 0 aliphatic heterocycles. The van der Waals surface area contributed by atoms with E-state index in [4.69, 9.17) is 0 Å². The molecule has 0 saturated carbocycles. The van der Waals surface area contributed by atoms with Crippen molar-refractivity contribution >= 4 is 0 Å². The topological polar surface area (TPSA) is 12.0 Å². The Hall–Kier alpha value is -1.67. The maximum Gasteiger partial charge on any atom is 0.127 e. The van der Waals surface area contributed by atoms with Crippen molar-refractivity contribution in [2.75, 3.05) is 0 Å². The van der Waals surface area contributed by atoms with Gasteiger partial charge in [-0.1, -0.05) is 61.9 Å². The number of hydrogen-bond acceptors (Lipinski definition) is 1. The summed E-state index contributed by atoms with van der Waals surface area (Å²) < 4.78 is 13.6. The normalized spacial score (nSPS) is 12.3. The standard InChI is InChI=1S/C17H20FN/c1-2-8-17(14-9-4-3-5-10-14)19-13-15-11-6-7-12-16(15)18/h3-7,9-12,17,19H,2,8,13H2,1H3. The zero-order chi connectivity index (χ0) is 13.5. The Kier molecular flexibility index (Phi) is 5.10. The average Bonchev–Trinajstić information content (AvgIpc) is 2.46. The van der Waals surface area contributed by atoms with Gasteiger partial charge in [0.25, 0.3) is 0 Å². The first-order chi connectivity index (χ1) is 9.31. The van der Waals surface area contributed by atoms with Crippen LogP contribution in [0.25, 0.3) is 0 Å². The fourth-order valence-corrected chi connectivity index (χ4v) is 2.24. The molecule has 1 N–H and O–H groups in total. The third-order valence-electron chi connectivity index (χ3n) is 3.28. The molecule has 0 spiro atoms. The van der Waals surface area contributed by atoms with E-state index in [-0.39, 0.29) is 11.9 Å². The molecule has 0 radical (unpaired) electrons. The Morgan fingerprint density at radius 3 is 2.37 bits per heavy atom. The summed E-state index contributed by atoms with van der Waals surface area (Å²) in [6, 6.07) is 17.6. The maximum atomic E-state index is 13.6. The van der Waals surface area contributed by atoms with Crippen LogP contribution in [-0.2, 0) is 6.54 Å². The Labute approximate surface area is 114 Å². The van der Waals surface area contributed by atoms with Gasteiger partial charge in [-0.2, -0.15) is 0 Å². The van der Waals surface area contributed by atoms with Gasteiger partial charge in [0.2, 0.25) is 0 Å². The van der Waals surface area contributed by atoms with Crippen molar-refractivity contribution in [3.63, 3.8) is 0 Å². The molecule has 2 aromatic rings. The summed E-state index contributed by atoms with van der Waals surface area (Å²) in [4.78, 5) is 0. The molecule has 0 aliphatic rings. The van der Waals surface area contributed by atoms with Crippen LogP contribution in [0.4, 0.5) is 4.39 Å².